The molecule has 1 aliphatic carbocycles. The number of aliphatic hydroxyl groups excluding tert-OH is 2. The van der Waals surface area contributed by atoms with Gasteiger partial charge >= 0.3 is 43.7 Å². The zero-order valence-corrected chi connectivity index (χ0v) is 23.9. The fourth-order valence-electron chi connectivity index (χ4n) is 5.53. The molecule has 2 unspecified atom stereocenters. The van der Waals surface area contributed by atoms with Crippen molar-refractivity contribution in [2.24, 2.45) is 0 Å². The van der Waals surface area contributed by atoms with Crippen LogP contribution in [0.4, 0.5) is 18.9 Å². The van der Waals surface area contributed by atoms with Crippen LogP contribution in [0.1, 0.15) is 54.1 Å². The van der Waals surface area contributed by atoms with Crippen LogP contribution in [0, 0.1) is 17.5 Å². The second-order valence-corrected chi connectivity index (χ2v) is 11.1. The third-order valence-corrected chi connectivity index (χ3v) is 7.69. The number of aliphatic carboxylic acids is 1. The molecule has 6 N–H and O–H groups in total. The molecule has 1 fully saturated rings. The SMILES string of the molecule is O=C(O)CC(O)CC(O)CCn1c(-c2ccc(F)c(F)c2)c(-c2ccc(F)cc2)c(C(=O)Nc2ccc(O)cc2O)c1C1CC1.[CaH2]. The molecule has 0 saturated heterocycles. The number of nitrogens with one attached hydrogen (secondary N) is 1. The normalized spacial score (nSPS) is 13.9. The van der Waals surface area contributed by atoms with Gasteiger partial charge in [0.25, 0.3) is 5.91 Å². The summed E-state index contributed by atoms with van der Waals surface area (Å²) in [6.07, 6.45) is -1.85. The molecule has 0 spiro atoms. The van der Waals surface area contributed by atoms with Crippen LogP contribution in [-0.4, -0.2) is 91.9 Å². The van der Waals surface area contributed by atoms with Crippen molar-refractivity contribution < 1.29 is 48.3 Å². The second-order valence-electron chi connectivity index (χ2n) is 11.1. The summed E-state index contributed by atoms with van der Waals surface area (Å²) in [5, 5.41) is 52.5. The van der Waals surface area contributed by atoms with Crippen LogP contribution in [0.3, 0.4) is 0 Å². The van der Waals surface area contributed by atoms with Gasteiger partial charge in [-0.25, -0.2) is 13.2 Å². The standard InChI is InChI=1S/C33H31F3N2O7.Ca.2H/c34-20-6-3-17(4-7-20)29-30(33(45)37-26-10-8-21(39)15-27(26)42)31(18-1-2-18)38(12-11-22(40)14-23(41)16-28(43)44)32(29)19-5-9-24(35)25(36)13-19;;;/h3-10,13,15,18,22-23,39-42H,1-2,11-12,14,16H2,(H,37,45)(H,43,44);;;. The van der Waals surface area contributed by atoms with E-state index in [2.05, 4.69) is 5.32 Å². The summed E-state index contributed by atoms with van der Waals surface area (Å²) in [4.78, 5) is 25.1. The third kappa shape index (κ3) is 8.05. The number of aromatic nitrogens is 1. The molecule has 3 aromatic carbocycles. The summed E-state index contributed by atoms with van der Waals surface area (Å²) in [5.41, 5.74) is 1.80. The van der Waals surface area contributed by atoms with E-state index in [0.29, 0.717) is 29.8 Å². The Balaban J connectivity index is 0.00000480. The summed E-state index contributed by atoms with van der Waals surface area (Å²) in [5.74, 6) is -5.45. The van der Waals surface area contributed by atoms with E-state index in [9.17, 15) is 43.2 Å². The quantitative estimate of drug-likeness (QED) is 0.0719. The van der Waals surface area contributed by atoms with Crippen molar-refractivity contribution in [2.45, 2.75) is 56.8 Å². The molecule has 2 atom stereocenters. The number of carboxylic acids is 1. The van der Waals surface area contributed by atoms with Crippen molar-refractivity contribution in [3.63, 3.8) is 0 Å². The molecule has 13 heteroatoms. The number of phenolic OH excluding ortho intramolecular Hbond substituents is 2. The number of nitrogens with zero attached hydrogens (tertiary/aromatic N) is 1. The number of aromatic hydroxyl groups is 2. The Morgan fingerprint density at radius 1 is 0.891 bits per heavy atom. The number of carbonyl (C=O) groups excluding carboxylic acids is 1. The van der Waals surface area contributed by atoms with E-state index in [-0.39, 0.29) is 91.2 Å². The van der Waals surface area contributed by atoms with Gasteiger partial charge in [0.15, 0.2) is 11.6 Å². The number of carboxylic acid groups (broad SMARTS) is 1. The molecule has 1 saturated carbocycles. The fourth-order valence-corrected chi connectivity index (χ4v) is 5.53. The molecular weight excluding hydrogens is 633 g/mol. The zero-order valence-electron chi connectivity index (χ0n) is 23.9. The zero-order chi connectivity index (χ0) is 32.4. The molecule has 4 aromatic rings. The summed E-state index contributed by atoms with van der Waals surface area (Å²) in [7, 11) is 0. The van der Waals surface area contributed by atoms with E-state index < -0.39 is 53.7 Å². The summed E-state index contributed by atoms with van der Waals surface area (Å²) < 4.78 is 44.5. The Morgan fingerprint density at radius 2 is 1.57 bits per heavy atom. The van der Waals surface area contributed by atoms with E-state index in [1.54, 1.807) is 4.57 Å². The van der Waals surface area contributed by atoms with Crippen molar-refractivity contribution in [1.29, 1.82) is 0 Å². The number of hydrogen-bond acceptors (Lipinski definition) is 6. The second kappa shape index (κ2) is 14.9. The first-order valence-electron chi connectivity index (χ1n) is 14.3. The van der Waals surface area contributed by atoms with Gasteiger partial charge in [0.2, 0.25) is 0 Å². The van der Waals surface area contributed by atoms with Crippen LogP contribution in [0.25, 0.3) is 22.4 Å². The first-order valence-corrected chi connectivity index (χ1v) is 14.3. The number of aliphatic hydroxyl groups is 2. The van der Waals surface area contributed by atoms with E-state index >= 15 is 0 Å². The number of carbonyl (C=O) groups is 2. The first-order chi connectivity index (χ1) is 21.4. The van der Waals surface area contributed by atoms with Gasteiger partial charge in [-0.05, 0) is 73.7 Å². The van der Waals surface area contributed by atoms with Gasteiger partial charge in [0, 0.05) is 35.3 Å². The van der Waals surface area contributed by atoms with E-state index in [1.165, 1.54) is 42.5 Å². The average Bonchev–Trinajstić information content (AvgIpc) is 3.75. The average molecular weight is 667 g/mol. The minimum atomic E-state index is -1.30. The van der Waals surface area contributed by atoms with Crippen LogP contribution in [-0.2, 0) is 11.3 Å². The van der Waals surface area contributed by atoms with Crippen LogP contribution in [0.2, 0.25) is 0 Å². The van der Waals surface area contributed by atoms with E-state index in [0.717, 1.165) is 18.2 Å². The molecule has 5 rings (SSSR count). The van der Waals surface area contributed by atoms with Gasteiger partial charge in [-0.15, -0.1) is 0 Å². The topological polar surface area (TPSA) is 152 Å². The van der Waals surface area contributed by atoms with Crippen LogP contribution in [0.15, 0.2) is 60.7 Å². The maximum absolute atomic E-state index is 14.7. The summed E-state index contributed by atoms with van der Waals surface area (Å²) in [6.45, 7) is 0.0348. The Kier molecular flexibility index (Phi) is 11.4. The van der Waals surface area contributed by atoms with Crippen molar-refractivity contribution in [2.75, 3.05) is 5.32 Å². The van der Waals surface area contributed by atoms with E-state index in [1.807, 2.05) is 0 Å². The van der Waals surface area contributed by atoms with Crippen LogP contribution in [0.5, 0.6) is 11.5 Å². The number of benzene rings is 3. The van der Waals surface area contributed by atoms with Gasteiger partial charge in [0.1, 0.15) is 17.3 Å². The summed E-state index contributed by atoms with van der Waals surface area (Å²) >= 11 is 0. The number of hydrogen-bond donors (Lipinski definition) is 6. The fraction of sp³-hybridized carbons (Fsp3) is 0.273. The Hall–Kier alpha value is -3.55. The Morgan fingerprint density at radius 3 is 2.17 bits per heavy atom. The summed E-state index contributed by atoms with van der Waals surface area (Å²) in [6, 6.07) is 12.2. The molecule has 1 aromatic heterocycles. The molecule has 9 nitrogen and oxygen atoms in total. The molecule has 240 valence electrons. The van der Waals surface area contributed by atoms with Crippen molar-refractivity contribution in [3.05, 3.63) is 89.4 Å². The van der Waals surface area contributed by atoms with Crippen molar-refractivity contribution >= 4 is 55.3 Å². The number of amides is 1. The van der Waals surface area contributed by atoms with Gasteiger partial charge in [-0.1, -0.05) is 12.1 Å². The van der Waals surface area contributed by atoms with Gasteiger partial charge in [0.05, 0.1) is 35.6 Å². The molecule has 0 aliphatic heterocycles. The molecule has 0 radical (unpaired) electrons. The number of phenols is 2. The molecule has 1 aliphatic rings. The molecule has 46 heavy (non-hydrogen) atoms. The van der Waals surface area contributed by atoms with Gasteiger partial charge < -0.3 is 35.4 Å². The number of rotatable bonds is 12. The molecule has 1 amide bonds. The number of anilines is 1. The third-order valence-electron chi connectivity index (χ3n) is 7.69. The molecular formula is C33H33CaF3N2O7. The van der Waals surface area contributed by atoms with Crippen molar-refractivity contribution in [1.82, 2.24) is 4.57 Å². The van der Waals surface area contributed by atoms with Crippen molar-refractivity contribution in [3.8, 4) is 33.9 Å². The van der Waals surface area contributed by atoms with Gasteiger partial charge in [-0.2, -0.15) is 0 Å². The maximum atomic E-state index is 14.7. The van der Waals surface area contributed by atoms with Crippen LogP contribution >= 0.6 is 0 Å². The number of halogens is 3. The predicted molar refractivity (Wildman–Crippen MR) is 167 cm³/mol. The monoisotopic (exact) mass is 666 g/mol. The van der Waals surface area contributed by atoms with E-state index in [4.69, 9.17) is 5.11 Å². The Labute approximate surface area is 291 Å². The van der Waals surface area contributed by atoms with Crippen LogP contribution < -0.4 is 5.32 Å². The predicted octanol–water partition coefficient (Wildman–Crippen LogP) is 4.84. The Bertz CT molecular complexity index is 1740. The molecule has 1 heterocycles. The molecule has 0 bridgehead atoms. The first kappa shape index (κ1) is 35.3. The minimum absolute atomic E-state index is 0. The van der Waals surface area contributed by atoms with Gasteiger partial charge in [-0.3, -0.25) is 9.59 Å².